The van der Waals surface area contributed by atoms with Gasteiger partial charge in [-0.15, -0.1) is 0 Å². The Bertz CT molecular complexity index is 440. The number of hydrogen-bond acceptors (Lipinski definition) is 7. The van der Waals surface area contributed by atoms with Gasteiger partial charge in [-0.3, -0.25) is 19.2 Å². The highest BCUT2D eigenvalue weighted by Gasteiger charge is 2.25. The van der Waals surface area contributed by atoms with Gasteiger partial charge in [-0.25, -0.2) is 0 Å². The van der Waals surface area contributed by atoms with Gasteiger partial charge in [0.1, 0.15) is 6.04 Å². The predicted molar refractivity (Wildman–Crippen MR) is 81.3 cm³/mol. The number of carbonyl (C=O) groups is 4. The molecule has 0 aromatic rings. The fraction of sp³-hybridized carbons (Fsp3) is 0.714. The Morgan fingerprint density at radius 3 is 2.29 bits per heavy atom. The van der Waals surface area contributed by atoms with Gasteiger partial charge in [-0.1, -0.05) is 0 Å². The highest BCUT2D eigenvalue weighted by molar-refractivity contribution is 5.93. The fourth-order valence-corrected chi connectivity index (χ4v) is 1.73. The van der Waals surface area contributed by atoms with Crippen LogP contribution in [0.4, 0.5) is 0 Å². The average Bonchev–Trinajstić information content (AvgIpc) is 2.49. The van der Waals surface area contributed by atoms with E-state index in [2.05, 4.69) is 5.32 Å². The second kappa shape index (κ2) is 12.4. The number of ketones is 1. The van der Waals surface area contributed by atoms with Crippen molar-refractivity contribution in [3.05, 3.63) is 0 Å². The van der Waals surface area contributed by atoms with Gasteiger partial charge in [0.25, 0.3) is 0 Å². The van der Waals surface area contributed by atoms with E-state index in [1.54, 1.807) is 0 Å². The van der Waals surface area contributed by atoms with Gasteiger partial charge in [0, 0.05) is 20.1 Å². The number of methoxy groups -OCH3 is 1. The molecular weight excluding hydrogens is 324 g/mol. The zero-order valence-corrected chi connectivity index (χ0v) is 13.5. The lowest BCUT2D eigenvalue weighted by Gasteiger charge is -2.16. The number of Topliss-reactive ketones (excluding diaryl/α,β-unsaturated/α-hetero) is 1. The second-order valence-corrected chi connectivity index (χ2v) is 5.04. The molecule has 0 heterocycles. The van der Waals surface area contributed by atoms with Crippen molar-refractivity contribution in [2.45, 2.75) is 37.8 Å². The summed E-state index contributed by atoms with van der Waals surface area (Å²) in [5, 5.41) is 19.7. The van der Waals surface area contributed by atoms with Crippen molar-refractivity contribution in [2.24, 2.45) is 5.73 Å². The minimum Gasteiger partial charge on any atom is -0.481 e. The predicted octanol–water partition coefficient (Wildman–Crippen LogP) is -1.24. The summed E-state index contributed by atoms with van der Waals surface area (Å²) >= 11 is 0. The van der Waals surface area contributed by atoms with Crippen LogP contribution in [0, 0.1) is 0 Å². The van der Waals surface area contributed by atoms with Crippen LogP contribution < -0.4 is 11.1 Å². The summed E-state index contributed by atoms with van der Waals surface area (Å²) in [6.07, 6.45) is -0.740. The summed E-state index contributed by atoms with van der Waals surface area (Å²) in [5.74, 6) is -3.88. The maximum atomic E-state index is 12.0. The molecule has 0 saturated heterocycles. The first-order valence-corrected chi connectivity index (χ1v) is 7.36. The summed E-state index contributed by atoms with van der Waals surface area (Å²) in [7, 11) is 1.53. The SMILES string of the molecule is COCCOCCCC(=O)C(CC(=O)O)NC(=O)CC(N)C(=O)O. The molecule has 0 aromatic heterocycles. The molecule has 0 aliphatic carbocycles. The molecule has 138 valence electrons. The number of carboxylic acids is 2. The number of ether oxygens (including phenoxy) is 2. The molecule has 0 bridgehead atoms. The third-order valence-corrected chi connectivity index (χ3v) is 2.97. The van der Waals surface area contributed by atoms with Crippen LogP contribution >= 0.6 is 0 Å². The Balaban J connectivity index is 4.37. The van der Waals surface area contributed by atoms with Gasteiger partial charge >= 0.3 is 11.9 Å². The van der Waals surface area contributed by atoms with E-state index in [0.29, 0.717) is 26.2 Å². The Labute approximate surface area is 139 Å². The van der Waals surface area contributed by atoms with E-state index >= 15 is 0 Å². The number of hydrogen-bond donors (Lipinski definition) is 4. The van der Waals surface area contributed by atoms with Crippen LogP contribution in [0.15, 0.2) is 0 Å². The van der Waals surface area contributed by atoms with E-state index in [9.17, 15) is 19.2 Å². The van der Waals surface area contributed by atoms with Crippen molar-refractivity contribution >= 4 is 23.6 Å². The molecule has 0 aliphatic heterocycles. The standard InChI is InChI=1S/C14H24N2O8/c1-23-5-6-24-4-2-3-11(17)10(8-13(19)20)16-12(18)7-9(15)14(21)22/h9-10H,2-8,15H2,1H3,(H,16,18)(H,19,20)(H,21,22). The summed E-state index contributed by atoms with van der Waals surface area (Å²) in [5.41, 5.74) is 5.22. The van der Waals surface area contributed by atoms with E-state index in [-0.39, 0.29) is 6.42 Å². The average molecular weight is 348 g/mol. The molecule has 10 nitrogen and oxygen atoms in total. The molecular formula is C14H24N2O8. The maximum absolute atomic E-state index is 12.0. The van der Waals surface area contributed by atoms with Crippen LogP contribution in [0.5, 0.6) is 0 Å². The van der Waals surface area contributed by atoms with Crippen molar-refractivity contribution in [3.8, 4) is 0 Å². The molecule has 0 aromatic carbocycles. The van der Waals surface area contributed by atoms with Gasteiger partial charge in [-0.2, -0.15) is 0 Å². The molecule has 2 unspecified atom stereocenters. The van der Waals surface area contributed by atoms with Crippen molar-refractivity contribution in [3.63, 3.8) is 0 Å². The largest absolute Gasteiger partial charge is 0.481 e. The van der Waals surface area contributed by atoms with Crippen LogP contribution in [-0.4, -0.2) is 72.9 Å². The maximum Gasteiger partial charge on any atom is 0.321 e. The minimum atomic E-state index is -1.42. The van der Waals surface area contributed by atoms with Gasteiger partial charge in [0.15, 0.2) is 5.78 Å². The first-order chi connectivity index (χ1) is 11.3. The lowest BCUT2D eigenvalue weighted by molar-refractivity contribution is -0.142. The molecule has 0 saturated carbocycles. The van der Waals surface area contributed by atoms with Crippen molar-refractivity contribution in [1.82, 2.24) is 5.32 Å². The first-order valence-electron chi connectivity index (χ1n) is 7.36. The highest BCUT2D eigenvalue weighted by atomic mass is 16.5. The number of aliphatic carboxylic acids is 2. The Kier molecular flexibility index (Phi) is 11.3. The van der Waals surface area contributed by atoms with Gasteiger partial charge in [-0.05, 0) is 6.42 Å². The van der Waals surface area contributed by atoms with Crippen molar-refractivity contribution in [2.75, 3.05) is 26.9 Å². The summed E-state index contributed by atoms with van der Waals surface area (Å²) in [6, 6.07) is -2.64. The fourth-order valence-electron chi connectivity index (χ4n) is 1.73. The molecule has 0 radical (unpaired) electrons. The van der Waals surface area contributed by atoms with Crippen LogP contribution in [0.1, 0.15) is 25.7 Å². The molecule has 24 heavy (non-hydrogen) atoms. The van der Waals surface area contributed by atoms with Crippen LogP contribution in [0.3, 0.4) is 0 Å². The number of nitrogens with one attached hydrogen (secondary N) is 1. The van der Waals surface area contributed by atoms with Gasteiger partial charge < -0.3 is 30.7 Å². The molecule has 2 atom stereocenters. The van der Waals surface area contributed by atoms with Crippen LogP contribution in [-0.2, 0) is 28.7 Å². The summed E-state index contributed by atoms with van der Waals surface area (Å²) in [4.78, 5) is 45.1. The zero-order valence-electron chi connectivity index (χ0n) is 13.5. The van der Waals surface area contributed by atoms with Crippen molar-refractivity contribution < 1.29 is 38.9 Å². The monoisotopic (exact) mass is 348 g/mol. The first kappa shape index (κ1) is 22.0. The van der Waals surface area contributed by atoms with E-state index < -0.39 is 48.6 Å². The Morgan fingerprint density at radius 2 is 1.75 bits per heavy atom. The molecule has 10 heteroatoms. The smallest absolute Gasteiger partial charge is 0.321 e. The molecule has 1 amide bonds. The zero-order chi connectivity index (χ0) is 18.5. The summed E-state index contributed by atoms with van der Waals surface area (Å²) < 4.78 is 9.97. The second-order valence-electron chi connectivity index (χ2n) is 5.04. The van der Waals surface area contributed by atoms with Crippen LogP contribution in [0.25, 0.3) is 0 Å². The molecule has 0 spiro atoms. The lowest BCUT2D eigenvalue weighted by Crippen LogP contribution is -2.45. The molecule has 0 rings (SSSR count). The Hall–Kier alpha value is -2.04. The van der Waals surface area contributed by atoms with E-state index in [1.807, 2.05) is 0 Å². The van der Waals surface area contributed by atoms with Gasteiger partial charge in [0.2, 0.25) is 5.91 Å². The lowest BCUT2D eigenvalue weighted by atomic mass is 10.0. The topological polar surface area (TPSA) is 165 Å². The van der Waals surface area contributed by atoms with Gasteiger partial charge in [0.05, 0.1) is 32.1 Å². The highest BCUT2D eigenvalue weighted by Crippen LogP contribution is 2.03. The number of carbonyl (C=O) groups excluding carboxylic acids is 2. The minimum absolute atomic E-state index is 0.0240. The number of nitrogens with two attached hydrogens (primary N) is 1. The molecule has 0 fully saturated rings. The molecule has 0 aliphatic rings. The third kappa shape index (κ3) is 10.6. The normalized spacial score (nSPS) is 13.1. The number of amides is 1. The van der Waals surface area contributed by atoms with Crippen LogP contribution in [0.2, 0.25) is 0 Å². The number of rotatable bonds is 14. The molecule has 5 N–H and O–H groups in total. The summed E-state index contributed by atoms with van der Waals surface area (Å²) in [6.45, 7) is 1.11. The van der Waals surface area contributed by atoms with E-state index in [4.69, 9.17) is 25.4 Å². The van der Waals surface area contributed by atoms with Crippen molar-refractivity contribution in [1.29, 1.82) is 0 Å². The number of carboxylic acid groups (broad SMARTS) is 2. The third-order valence-electron chi connectivity index (χ3n) is 2.97. The Morgan fingerprint density at radius 1 is 1.08 bits per heavy atom. The van der Waals surface area contributed by atoms with E-state index in [1.165, 1.54) is 7.11 Å². The quantitative estimate of drug-likeness (QED) is 0.281. The van der Waals surface area contributed by atoms with E-state index in [0.717, 1.165) is 0 Å².